The molecule has 1 aliphatic rings. The number of aliphatic hydroxyl groups excluding tert-OH is 1. The smallest absolute Gasteiger partial charge is 0.251 e. The van der Waals surface area contributed by atoms with E-state index in [9.17, 15) is 9.90 Å². The number of carbonyl (C=O) groups is 1. The van der Waals surface area contributed by atoms with Crippen molar-refractivity contribution in [2.45, 2.75) is 51.7 Å². The summed E-state index contributed by atoms with van der Waals surface area (Å²) in [7, 11) is 0. The number of nitrogens with one attached hydrogen (secondary N) is 1. The van der Waals surface area contributed by atoms with E-state index in [1.807, 2.05) is 19.1 Å². The molecular formula is C19H30N2O3. The van der Waals surface area contributed by atoms with Gasteiger partial charge in [0.2, 0.25) is 0 Å². The minimum absolute atomic E-state index is 0.0424. The summed E-state index contributed by atoms with van der Waals surface area (Å²) in [5, 5.41) is 12.4. The number of carbonyl (C=O) groups excluding carboxylic acids is 1. The number of amides is 1. The molecule has 1 saturated heterocycles. The van der Waals surface area contributed by atoms with Gasteiger partial charge in [0.05, 0.1) is 12.2 Å². The first kappa shape index (κ1) is 18.7. The van der Waals surface area contributed by atoms with Crippen LogP contribution >= 0.6 is 0 Å². The summed E-state index contributed by atoms with van der Waals surface area (Å²) in [4.78, 5) is 14.5. The third-order valence-electron chi connectivity index (χ3n) is 4.52. The van der Waals surface area contributed by atoms with Crippen LogP contribution in [0.5, 0.6) is 5.75 Å². The Morgan fingerprint density at radius 3 is 2.62 bits per heavy atom. The molecule has 1 heterocycles. The Balaban J connectivity index is 1.67. The lowest BCUT2D eigenvalue weighted by atomic mass is 10.1. The Bertz CT molecular complexity index is 496. The van der Waals surface area contributed by atoms with Crippen LogP contribution in [0.15, 0.2) is 24.3 Å². The van der Waals surface area contributed by atoms with Gasteiger partial charge in [-0.15, -0.1) is 0 Å². The van der Waals surface area contributed by atoms with Gasteiger partial charge < -0.3 is 20.1 Å². The number of rotatable bonds is 8. The van der Waals surface area contributed by atoms with Gasteiger partial charge in [0.25, 0.3) is 5.91 Å². The van der Waals surface area contributed by atoms with Crippen LogP contribution in [0, 0.1) is 0 Å². The van der Waals surface area contributed by atoms with Crippen molar-refractivity contribution in [2.75, 3.05) is 26.2 Å². The summed E-state index contributed by atoms with van der Waals surface area (Å²) in [5.74, 6) is 0.757. The van der Waals surface area contributed by atoms with Crippen molar-refractivity contribution in [3.63, 3.8) is 0 Å². The molecule has 134 valence electrons. The Kier molecular flexibility index (Phi) is 7.53. The number of benzene rings is 1. The van der Waals surface area contributed by atoms with Crippen molar-refractivity contribution in [1.82, 2.24) is 10.2 Å². The second-order valence-corrected chi connectivity index (χ2v) is 6.54. The van der Waals surface area contributed by atoms with Crippen molar-refractivity contribution < 1.29 is 14.6 Å². The van der Waals surface area contributed by atoms with Crippen LogP contribution in [0.2, 0.25) is 0 Å². The highest BCUT2D eigenvalue weighted by Gasteiger charge is 2.16. The summed E-state index contributed by atoms with van der Waals surface area (Å²) in [6.45, 7) is 7.65. The van der Waals surface area contributed by atoms with Crippen LogP contribution in [0.4, 0.5) is 0 Å². The zero-order valence-electron chi connectivity index (χ0n) is 14.8. The Hall–Kier alpha value is -1.59. The first-order valence-electron chi connectivity index (χ1n) is 9.03. The van der Waals surface area contributed by atoms with E-state index >= 15 is 0 Å². The lowest BCUT2D eigenvalue weighted by molar-refractivity contribution is 0.0816. The molecule has 0 radical (unpaired) electrons. The van der Waals surface area contributed by atoms with Gasteiger partial charge in [-0.3, -0.25) is 4.79 Å². The molecule has 24 heavy (non-hydrogen) atoms. The predicted octanol–water partition coefficient (Wildman–Crippen LogP) is 2.44. The van der Waals surface area contributed by atoms with Crippen molar-refractivity contribution >= 4 is 5.91 Å². The molecule has 2 rings (SSSR count). The molecule has 1 atom stereocenters. The van der Waals surface area contributed by atoms with E-state index in [1.54, 1.807) is 12.1 Å². The topological polar surface area (TPSA) is 61.8 Å². The van der Waals surface area contributed by atoms with Crippen LogP contribution in [0.1, 0.15) is 49.9 Å². The molecule has 1 fully saturated rings. The van der Waals surface area contributed by atoms with Crippen molar-refractivity contribution in [2.24, 2.45) is 0 Å². The molecule has 1 amide bonds. The highest BCUT2D eigenvalue weighted by Crippen LogP contribution is 2.15. The molecule has 2 N–H and O–H groups in total. The largest absolute Gasteiger partial charge is 0.491 e. The average molecular weight is 334 g/mol. The summed E-state index contributed by atoms with van der Waals surface area (Å²) >= 11 is 0. The maximum absolute atomic E-state index is 12.1. The molecule has 0 aliphatic carbocycles. The standard InChI is InChI=1S/C19H30N2O3/c1-3-15(2)24-18-7-5-16(6-8-18)19(23)20-11-4-12-21-13-9-17(22)10-14-21/h5-8,15,17,22H,3-4,9-14H2,1-2H3,(H,20,23). The first-order chi connectivity index (χ1) is 11.6. The SMILES string of the molecule is CCC(C)Oc1ccc(C(=O)NCCCN2CCC(O)CC2)cc1. The van der Waals surface area contributed by atoms with E-state index < -0.39 is 0 Å². The maximum atomic E-state index is 12.1. The van der Waals surface area contributed by atoms with Crippen LogP contribution in [-0.2, 0) is 0 Å². The molecule has 0 spiro atoms. The molecule has 1 unspecified atom stereocenters. The van der Waals surface area contributed by atoms with Crippen molar-refractivity contribution in [3.8, 4) is 5.75 Å². The van der Waals surface area contributed by atoms with Crippen molar-refractivity contribution in [3.05, 3.63) is 29.8 Å². The average Bonchev–Trinajstić information content (AvgIpc) is 2.60. The van der Waals surface area contributed by atoms with Crippen molar-refractivity contribution in [1.29, 1.82) is 0 Å². The molecule has 5 heteroatoms. The third-order valence-corrected chi connectivity index (χ3v) is 4.52. The number of hydrogen-bond acceptors (Lipinski definition) is 4. The van der Waals surface area contributed by atoms with E-state index in [2.05, 4.69) is 17.1 Å². The van der Waals surface area contributed by atoms with Gasteiger partial charge in [-0.25, -0.2) is 0 Å². The number of piperidine rings is 1. The molecule has 0 aromatic heterocycles. The second kappa shape index (κ2) is 9.64. The highest BCUT2D eigenvalue weighted by atomic mass is 16.5. The van der Waals surface area contributed by atoms with Gasteiger partial charge in [-0.05, 0) is 63.4 Å². The van der Waals surface area contributed by atoms with E-state index in [1.165, 1.54) is 0 Å². The number of likely N-dealkylation sites (tertiary alicyclic amines) is 1. The third kappa shape index (κ3) is 6.13. The monoisotopic (exact) mass is 334 g/mol. The summed E-state index contributed by atoms with van der Waals surface area (Å²) in [5.41, 5.74) is 0.660. The minimum atomic E-state index is -0.131. The zero-order valence-corrected chi connectivity index (χ0v) is 14.8. The summed E-state index contributed by atoms with van der Waals surface area (Å²) in [6.07, 6.45) is 3.65. The van der Waals surface area contributed by atoms with Crippen LogP contribution in [-0.4, -0.2) is 54.3 Å². The zero-order chi connectivity index (χ0) is 17.4. The maximum Gasteiger partial charge on any atom is 0.251 e. The van der Waals surface area contributed by atoms with Gasteiger partial charge in [0.1, 0.15) is 5.75 Å². The van der Waals surface area contributed by atoms with Gasteiger partial charge in [0, 0.05) is 25.2 Å². The highest BCUT2D eigenvalue weighted by molar-refractivity contribution is 5.94. The van der Waals surface area contributed by atoms with Gasteiger partial charge in [0.15, 0.2) is 0 Å². The fourth-order valence-corrected chi connectivity index (χ4v) is 2.75. The van der Waals surface area contributed by atoms with E-state index in [0.717, 1.165) is 51.1 Å². The number of hydrogen-bond donors (Lipinski definition) is 2. The van der Waals surface area contributed by atoms with E-state index in [4.69, 9.17) is 4.74 Å². The summed E-state index contributed by atoms with van der Waals surface area (Å²) in [6, 6.07) is 7.30. The summed E-state index contributed by atoms with van der Waals surface area (Å²) < 4.78 is 5.72. The van der Waals surface area contributed by atoms with Crippen LogP contribution in [0.25, 0.3) is 0 Å². The molecule has 1 aliphatic heterocycles. The Morgan fingerprint density at radius 1 is 1.33 bits per heavy atom. The normalized spacial score (nSPS) is 17.5. The van der Waals surface area contributed by atoms with Gasteiger partial charge in [-0.2, -0.15) is 0 Å². The second-order valence-electron chi connectivity index (χ2n) is 6.54. The number of ether oxygens (including phenoxy) is 1. The molecule has 0 bridgehead atoms. The quantitative estimate of drug-likeness (QED) is 0.717. The fraction of sp³-hybridized carbons (Fsp3) is 0.632. The van der Waals surface area contributed by atoms with Gasteiger partial charge in [-0.1, -0.05) is 6.92 Å². The molecular weight excluding hydrogens is 304 g/mol. The number of nitrogens with zero attached hydrogens (tertiary/aromatic N) is 1. The van der Waals surface area contributed by atoms with Gasteiger partial charge >= 0.3 is 0 Å². The van der Waals surface area contributed by atoms with E-state index in [0.29, 0.717) is 12.1 Å². The molecule has 1 aromatic rings. The molecule has 5 nitrogen and oxygen atoms in total. The molecule has 0 saturated carbocycles. The molecule has 1 aromatic carbocycles. The number of aliphatic hydroxyl groups is 1. The first-order valence-corrected chi connectivity index (χ1v) is 9.03. The van der Waals surface area contributed by atoms with Crippen LogP contribution < -0.4 is 10.1 Å². The lowest BCUT2D eigenvalue weighted by Crippen LogP contribution is -2.37. The predicted molar refractivity (Wildman–Crippen MR) is 95.5 cm³/mol. The van der Waals surface area contributed by atoms with E-state index in [-0.39, 0.29) is 18.1 Å². The Labute approximate surface area is 145 Å². The lowest BCUT2D eigenvalue weighted by Gasteiger charge is -2.29. The van der Waals surface area contributed by atoms with Crippen LogP contribution in [0.3, 0.4) is 0 Å². The fourth-order valence-electron chi connectivity index (χ4n) is 2.75. The minimum Gasteiger partial charge on any atom is -0.491 e. The Morgan fingerprint density at radius 2 is 2.00 bits per heavy atom.